The first-order chi connectivity index (χ1) is 12.8. The molecule has 0 aromatic rings. The number of carboxylic acids is 1. The molecule has 0 amide bonds. The van der Waals surface area contributed by atoms with Crippen LogP contribution in [0.1, 0.15) is 65.7 Å². The van der Waals surface area contributed by atoms with Crippen LogP contribution < -0.4 is 0 Å². The number of aliphatic hydroxyl groups excluding tert-OH is 1. The molecule has 0 radical (unpaired) electrons. The van der Waals surface area contributed by atoms with Crippen molar-refractivity contribution in [2.45, 2.75) is 90.2 Å². The third-order valence-corrected chi connectivity index (χ3v) is 6.09. The zero-order valence-electron chi connectivity index (χ0n) is 16.8. The summed E-state index contributed by atoms with van der Waals surface area (Å²) >= 11 is 0. The standard InChI is InChI=1S/C22H35FO4.Na.H/c1-4-5-14-22(2,3)18(24)13-11-15-10-12-16-20(15)21(23)17(27-16)8-6-7-9-19(25)26;;/h6,8,11,13,15-18,20-21,24H,4-5,7,9-10,12,14H2,1-3H3,(H,25,26);;/b8-6+,13-11+;;/t15-,16+,17?,18-,20-,21?;;/m1../s1. The molecule has 1 aliphatic carbocycles. The number of allylic oxidation sites excluding steroid dienone is 2. The van der Waals surface area contributed by atoms with Crippen LogP contribution in [-0.2, 0) is 9.53 Å². The van der Waals surface area contributed by atoms with Gasteiger partial charge in [-0.15, -0.1) is 0 Å². The monoisotopic (exact) mass is 406 g/mol. The summed E-state index contributed by atoms with van der Waals surface area (Å²) in [5, 5.41) is 19.2. The van der Waals surface area contributed by atoms with Crippen molar-refractivity contribution in [1.82, 2.24) is 0 Å². The fraction of sp³-hybridized carbons (Fsp3) is 0.773. The Labute approximate surface area is 190 Å². The van der Waals surface area contributed by atoms with Crippen molar-refractivity contribution in [2.75, 3.05) is 0 Å². The minimum absolute atomic E-state index is 0. The molecule has 2 unspecified atom stereocenters. The van der Waals surface area contributed by atoms with Crippen molar-refractivity contribution in [3.8, 4) is 0 Å². The van der Waals surface area contributed by atoms with Crippen LogP contribution in [0.4, 0.5) is 4.39 Å². The molecule has 156 valence electrons. The van der Waals surface area contributed by atoms with Crippen LogP contribution in [0.15, 0.2) is 24.3 Å². The van der Waals surface area contributed by atoms with Gasteiger partial charge in [-0.05, 0) is 37.0 Å². The van der Waals surface area contributed by atoms with E-state index in [2.05, 4.69) is 20.8 Å². The molecule has 6 atom stereocenters. The quantitative estimate of drug-likeness (QED) is 0.425. The third kappa shape index (κ3) is 6.94. The molecule has 0 spiro atoms. The van der Waals surface area contributed by atoms with E-state index in [1.165, 1.54) is 0 Å². The van der Waals surface area contributed by atoms with E-state index in [0.717, 1.165) is 32.1 Å². The molecule has 2 N–H and O–H groups in total. The van der Waals surface area contributed by atoms with Crippen LogP contribution in [0.5, 0.6) is 0 Å². The van der Waals surface area contributed by atoms with E-state index < -0.39 is 24.3 Å². The fourth-order valence-electron chi connectivity index (χ4n) is 4.22. The molecule has 2 fully saturated rings. The van der Waals surface area contributed by atoms with E-state index in [4.69, 9.17) is 9.84 Å². The Kier molecular flexibility index (Phi) is 10.9. The Balaban J connectivity index is 0.00000392. The molecule has 1 saturated carbocycles. The molecule has 1 saturated heterocycles. The second kappa shape index (κ2) is 11.8. The summed E-state index contributed by atoms with van der Waals surface area (Å²) in [6.45, 7) is 6.29. The second-order valence-electron chi connectivity index (χ2n) is 8.68. The molecule has 0 bridgehead atoms. The number of aliphatic carboxylic acids is 1. The molecule has 2 rings (SSSR count). The number of unbranched alkanes of at least 4 members (excludes halogenated alkanes) is 1. The molecule has 1 heterocycles. The van der Waals surface area contributed by atoms with E-state index in [1.807, 2.05) is 12.2 Å². The molecule has 0 aromatic carbocycles. The van der Waals surface area contributed by atoms with Crippen molar-refractivity contribution in [3.05, 3.63) is 24.3 Å². The Morgan fingerprint density at radius 3 is 2.68 bits per heavy atom. The average molecular weight is 407 g/mol. The summed E-state index contributed by atoms with van der Waals surface area (Å²) < 4.78 is 20.8. The first-order valence-corrected chi connectivity index (χ1v) is 10.3. The molecule has 28 heavy (non-hydrogen) atoms. The fourth-order valence-corrected chi connectivity index (χ4v) is 4.22. The number of halogens is 1. The Morgan fingerprint density at radius 1 is 1.32 bits per heavy atom. The van der Waals surface area contributed by atoms with Crippen LogP contribution >= 0.6 is 0 Å². The first kappa shape index (κ1) is 25.8. The number of fused-ring (bicyclic) bond motifs is 1. The summed E-state index contributed by atoms with van der Waals surface area (Å²) in [6.07, 6.45) is 10.2. The van der Waals surface area contributed by atoms with Gasteiger partial charge < -0.3 is 14.9 Å². The zero-order valence-corrected chi connectivity index (χ0v) is 16.8. The molecule has 2 aliphatic rings. The molecule has 4 nitrogen and oxygen atoms in total. The number of carboxylic acid groups (broad SMARTS) is 1. The van der Waals surface area contributed by atoms with Gasteiger partial charge in [-0.25, -0.2) is 4.39 Å². The first-order valence-electron chi connectivity index (χ1n) is 10.3. The van der Waals surface area contributed by atoms with Crippen LogP contribution in [0, 0.1) is 17.3 Å². The van der Waals surface area contributed by atoms with Crippen molar-refractivity contribution >= 4 is 35.5 Å². The van der Waals surface area contributed by atoms with Crippen LogP contribution in [-0.4, -0.2) is 70.2 Å². The number of aliphatic hydroxyl groups is 1. The minimum atomic E-state index is -1.08. The van der Waals surface area contributed by atoms with Gasteiger partial charge in [0, 0.05) is 12.3 Å². The number of ether oxygens (including phenoxy) is 1. The molecule has 0 aromatic heterocycles. The zero-order chi connectivity index (χ0) is 20.0. The Morgan fingerprint density at radius 2 is 2.04 bits per heavy atom. The van der Waals surface area contributed by atoms with Crippen molar-refractivity contribution in [1.29, 1.82) is 0 Å². The van der Waals surface area contributed by atoms with Crippen LogP contribution in [0.3, 0.4) is 0 Å². The number of hydrogen-bond acceptors (Lipinski definition) is 3. The average Bonchev–Trinajstić information content (AvgIpc) is 3.15. The molecular weight excluding hydrogens is 370 g/mol. The maximum absolute atomic E-state index is 14.9. The van der Waals surface area contributed by atoms with Crippen molar-refractivity contribution < 1.29 is 24.1 Å². The SMILES string of the molecule is CCCCC(C)(C)[C@H](O)/C=C/[C@H]1CC[C@@H]2OC(/C=C/CCC(=O)O)C(F)[C@@H]21.[NaH]. The van der Waals surface area contributed by atoms with Crippen LogP contribution in [0.25, 0.3) is 0 Å². The summed E-state index contributed by atoms with van der Waals surface area (Å²) in [4.78, 5) is 10.6. The number of carbonyl (C=O) groups is 1. The van der Waals surface area contributed by atoms with Gasteiger partial charge in [0.15, 0.2) is 0 Å². The van der Waals surface area contributed by atoms with E-state index >= 15 is 0 Å². The second-order valence-corrected chi connectivity index (χ2v) is 8.68. The van der Waals surface area contributed by atoms with Crippen LogP contribution in [0.2, 0.25) is 0 Å². The Hall–Kier alpha value is -0.200. The molecule has 1 aliphatic heterocycles. The van der Waals surface area contributed by atoms with Crippen molar-refractivity contribution in [3.63, 3.8) is 0 Å². The van der Waals surface area contributed by atoms with Crippen molar-refractivity contribution in [2.24, 2.45) is 17.3 Å². The summed E-state index contributed by atoms with van der Waals surface area (Å²) in [7, 11) is 0. The van der Waals surface area contributed by atoms with E-state index in [0.29, 0.717) is 6.42 Å². The van der Waals surface area contributed by atoms with Gasteiger partial charge >= 0.3 is 35.5 Å². The van der Waals surface area contributed by atoms with Gasteiger partial charge in [0.1, 0.15) is 12.3 Å². The van der Waals surface area contributed by atoms with E-state index in [1.54, 1.807) is 12.2 Å². The summed E-state index contributed by atoms with van der Waals surface area (Å²) in [6, 6.07) is 0. The topological polar surface area (TPSA) is 66.8 Å². The van der Waals surface area contributed by atoms with E-state index in [-0.39, 0.29) is 59.3 Å². The normalized spacial score (nSPS) is 31.2. The van der Waals surface area contributed by atoms with Gasteiger partial charge in [-0.3, -0.25) is 4.79 Å². The third-order valence-electron chi connectivity index (χ3n) is 6.09. The molecular formula is C22H36FNaO4. The van der Waals surface area contributed by atoms with E-state index in [9.17, 15) is 14.3 Å². The van der Waals surface area contributed by atoms with Gasteiger partial charge in [-0.1, -0.05) is 57.9 Å². The van der Waals surface area contributed by atoms with Gasteiger partial charge in [-0.2, -0.15) is 0 Å². The predicted molar refractivity (Wildman–Crippen MR) is 111 cm³/mol. The summed E-state index contributed by atoms with van der Waals surface area (Å²) in [5.41, 5.74) is -0.179. The predicted octanol–water partition coefficient (Wildman–Crippen LogP) is 4.02. The maximum atomic E-state index is 14.9. The molecule has 6 heteroatoms. The van der Waals surface area contributed by atoms with Gasteiger partial charge in [0.25, 0.3) is 0 Å². The summed E-state index contributed by atoms with van der Waals surface area (Å²) in [5.74, 6) is -0.952. The number of rotatable bonds is 10. The van der Waals surface area contributed by atoms with Gasteiger partial charge in [0.2, 0.25) is 0 Å². The van der Waals surface area contributed by atoms with Gasteiger partial charge in [0.05, 0.1) is 12.2 Å². The number of hydrogen-bond donors (Lipinski definition) is 2. The number of alkyl halides is 1. The Bertz CT molecular complexity index is 549.